The average Bonchev–Trinajstić information content (AvgIpc) is 3.00. The first-order chi connectivity index (χ1) is 12.4. The topological polar surface area (TPSA) is 58.6 Å². The zero-order chi connectivity index (χ0) is 18.8. The van der Waals surface area contributed by atoms with Crippen molar-refractivity contribution in [3.05, 3.63) is 53.1 Å². The first kappa shape index (κ1) is 18.0. The maximum Gasteiger partial charge on any atom is 0.229 e. The van der Waals surface area contributed by atoms with Gasteiger partial charge in [-0.2, -0.15) is 0 Å². The molecule has 1 aliphatic rings. The monoisotopic (exact) mass is 352 g/mol. The van der Waals surface area contributed by atoms with Gasteiger partial charge < -0.3 is 15.0 Å². The third-order valence-corrected chi connectivity index (χ3v) is 4.81. The van der Waals surface area contributed by atoms with Gasteiger partial charge in [-0.3, -0.25) is 9.59 Å². The summed E-state index contributed by atoms with van der Waals surface area (Å²) in [5.74, 6) is 0.238. The predicted octanol–water partition coefficient (Wildman–Crippen LogP) is 3.61. The van der Waals surface area contributed by atoms with Crippen LogP contribution in [0.15, 0.2) is 36.4 Å². The molecule has 26 heavy (non-hydrogen) atoms. The average molecular weight is 352 g/mol. The van der Waals surface area contributed by atoms with E-state index in [-0.39, 0.29) is 24.2 Å². The van der Waals surface area contributed by atoms with Gasteiger partial charge in [-0.25, -0.2) is 0 Å². The second-order valence-electron chi connectivity index (χ2n) is 6.87. The molecule has 1 heterocycles. The van der Waals surface area contributed by atoms with E-state index >= 15 is 0 Å². The molecule has 0 saturated carbocycles. The van der Waals surface area contributed by atoms with E-state index in [2.05, 4.69) is 5.32 Å². The van der Waals surface area contributed by atoms with Crippen LogP contribution in [0.3, 0.4) is 0 Å². The molecular formula is C21H24N2O3. The van der Waals surface area contributed by atoms with Crippen LogP contribution in [0.2, 0.25) is 0 Å². The lowest BCUT2D eigenvalue weighted by Gasteiger charge is -2.18. The number of anilines is 2. The maximum absolute atomic E-state index is 12.7. The Morgan fingerprint density at radius 2 is 1.73 bits per heavy atom. The molecule has 1 fully saturated rings. The molecule has 3 rings (SSSR count). The number of carbonyl (C=O) groups is 2. The molecule has 1 saturated heterocycles. The second-order valence-corrected chi connectivity index (χ2v) is 6.87. The first-order valence-corrected chi connectivity index (χ1v) is 8.72. The highest BCUT2D eigenvalue weighted by Crippen LogP contribution is 2.29. The van der Waals surface area contributed by atoms with E-state index in [0.29, 0.717) is 6.54 Å². The Morgan fingerprint density at radius 3 is 2.31 bits per heavy atom. The molecule has 0 unspecified atom stereocenters. The minimum absolute atomic E-state index is 0.0346. The van der Waals surface area contributed by atoms with Crippen molar-refractivity contribution in [2.45, 2.75) is 27.2 Å². The molecule has 2 aromatic rings. The third kappa shape index (κ3) is 3.57. The van der Waals surface area contributed by atoms with E-state index in [1.54, 1.807) is 12.0 Å². The van der Waals surface area contributed by atoms with Crippen LogP contribution in [-0.2, 0) is 9.59 Å². The fourth-order valence-electron chi connectivity index (χ4n) is 3.50. The number of aryl methyl sites for hydroxylation is 3. The van der Waals surface area contributed by atoms with E-state index in [4.69, 9.17) is 4.74 Å². The lowest BCUT2D eigenvalue weighted by atomic mass is 10.0. The summed E-state index contributed by atoms with van der Waals surface area (Å²) in [5, 5.41) is 3.02. The normalized spacial score (nSPS) is 16.7. The van der Waals surface area contributed by atoms with Gasteiger partial charge in [-0.1, -0.05) is 17.7 Å². The zero-order valence-corrected chi connectivity index (χ0v) is 15.6. The van der Waals surface area contributed by atoms with Crippen LogP contribution >= 0.6 is 0 Å². The lowest BCUT2D eigenvalue weighted by molar-refractivity contribution is -0.122. The second kappa shape index (κ2) is 7.20. The van der Waals surface area contributed by atoms with Crippen LogP contribution in [0.25, 0.3) is 0 Å². The highest BCUT2D eigenvalue weighted by molar-refractivity contribution is 6.04. The summed E-state index contributed by atoms with van der Waals surface area (Å²) in [4.78, 5) is 26.8. The molecule has 5 heteroatoms. The zero-order valence-electron chi connectivity index (χ0n) is 15.6. The molecule has 1 aliphatic heterocycles. The van der Waals surface area contributed by atoms with Gasteiger partial charge >= 0.3 is 0 Å². The van der Waals surface area contributed by atoms with Crippen molar-refractivity contribution in [2.75, 3.05) is 23.9 Å². The standard InChI is InChI=1S/C21H24N2O3/c1-13-9-14(2)20(15(3)10-13)22-21(25)16-11-19(24)23(12-16)17-5-7-18(26-4)8-6-17/h5-10,16H,11-12H2,1-4H3,(H,22,25)/t16-/m1/s1. The van der Waals surface area contributed by atoms with Crippen molar-refractivity contribution in [1.82, 2.24) is 0 Å². The summed E-state index contributed by atoms with van der Waals surface area (Å²) in [6, 6.07) is 11.4. The van der Waals surface area contributed by atoms with Gasteiger partial charge in [0, 0.05) is 24.3 Å². The molecule has 2 amide bonds. The molecular weight excluding hydrogens is 328 g/mol. The molecule has 0 bridgehead atoms. The van der Waals surface area contributed by atoms with Crippen LogP contribution in [0.5, 0.6) is 5.75 Å². The fourth-order valence-corrected chi connectivity index (χ4v) is 3.50. The largest absolute Gasteiger partial charge is 0.497 e. The van der Waals surface area contributed by atoms with Crippen LogP contribution in [-0.4, -0.2) is 25.5 Å². The lowest BCUT2D eigenvalue weighted by Crippen LogP contribution is -2.28. The Labute approximate surface area is 154 Å². The van der Waals surface area contributed by atoms with Gasteiger partial charge in [0.25, 0.3) is 0 Å². The van der Waals surface area contributed by atoms with Crippen molar-refractivity contribution in [2.24, 2.45) is 5.92 Å². The third-order valence-electron chi connectivity index (χ3n) is 4.81. The first-order valence-electron chi connectivity index (χ1n) is 8.72. The molecule has 136 valence electrons. The Hall–Kier alpha value is -2.82. The Bertz CT molecular complexity index is 820. The number of nitrogens with zero attached hydrogens (tertiary/aromatic N) is 1. The number of benzene rings is 2. The minimum Gasteiger partial charge on any atom is -0.497 e. The van der Waals surface area contributed by atoms with Crippen molar-refractivity contribution in [3.8, 4) is 5.75 Å². The van der Waals surface area contributed by atoms with Gasteiger partial charge in [0.05, 0.1) is 13.0 Å². The number of hydrogen-bond acceptors (Lipinski definition) is 3. The predicted molar refractivity (Wildman–Crippen MR) is 103 cm³/mol. The van der Waals surface area contributed by atoms with Crippen molar-refractivity contribution >= 4 is 23.2 Å². The minimum atomic E-state index is -0.357. The molecule has 5 nitrogen and oxygen atoms in total. The van der Waals surface area contributed by atoms with Crippen LogP contribution in [0.1, 0.15) is 23.1 Å². The quantitative estimate of drug-likeness (QED) is 0.914. The highest BCUT2D eigenvalue weighted by atomic mass is 16.5. The van der Waals surface area contributed by atoms with Gasteiger partial charge in [0.15, 0.2) is 0 Å². The number of carbonyl (C=O) groups excluding carboxylic acids is 2. The summed E-state index contributed by atoms with van der Waals surface area (Å²) >= 11 is 0. The van der Waals surface area contributed by atoms with E-state index < -0.39 is 0 Å². The van der Waals surface area contributed by atoms with E-state index in [0.717, 1.165) is 28.3 Å². The van der Waals surface area contributed by atoms with Gasteiger partial charge in [-0.05, 0) is 56.2 Å². The van der Waals surface area contributed by atoms with E-state index in [1.807, 2.05) is 57.2 Å². The molecule has 0 aliphatic carbocycles. The van der Waals surface area contributed by atoms with Crippen molar-refractivity contribution in [1.29, 1.82) is 0 Å². The maximum atomic E-state index is 12.7. The van der Waals surface area contributed by atoms with Crippen molar-refractivity contribution in [3.63, 3.8) is 0 Å². The smallest absolute Gasteiger partial charge is 0.229 e. The van der Waals surface area contributed by atoms with Crippen molar-refractivity contribution < 1.29 is 14.3 Å². The van der Waals surface area contributed by atoms with Crippen LogP contribution in [0.4, 0.5) is 11.4 Å². The number of nitrogens with one attached hydrogen (secondary N) is 1. The Kier molecular flexibility index (Phi) is 4.98. The molecule has 0 radical (unpaired) electrons. The van der Waals surface area contributed by atoms with Gasteiger partial charge in [0.2, 0.25) is 11.8 Å². The number of methoxy groups -OCH3 is 1. The number of hydrogen-bond donors (Lipinski definition) is 1. The summed E-state index contributed by atoms with van der Waals surface area (Å²) in [5.41, 5.74) is 4.86. The van der Waals surface area contributed by atoms with Crippen LogP contribution in [0, 0.1) is 26.7 Å². The summed E-state index contributed by atoms with van der Waals surface area (Å²) in [6.07, 6.45) is 0.224. The molecule has 1 atom stereocenters. The van der Waals surface area contributed by atoms with Crippen LogP contribution < -0.4 is 15.0 Å². The van der Waals surface area contributed by atoms with E-state index in [9.17, 15) is 9.59 Å². The highest BCUT2D eigenvalue weighted by Gasteiger charge is 2.35. The summed E-state index contributed by atoms with van der Waals surface area (Å²) in [7, 11) is 1.60. The number of amides is 2. The molecule has 0 aromatic heterocycles. The van der Waals surface area contributed by atoms with Gasteiger partial charge in [0.1, 0.15) is 5.75 Å². The Morgan fingerprint density at radius 1 is 1.12 bits per heavy atom. The van der Waals surface area contributed by atoms with Gasteiger partial charge in [-0.15, -0.1) is 0 Å². The SMILES string of the molecule is COc1ccc(N2C[C@H](C(=O)Nc3c(C)cc(C)cc3C)CC2=O)cc1. The number of ether oxygens (including phenoxy) is 1. The fraction of sp³-hybridized carbons (Fsp3) is 0.333. The summed E-state index contributed by atoms with van der Waals surface area (Å²) < 4.78 is 5.15. The molecule has 1 N–H and O–H groups in total. The molecule has 2 aromatic carbocycles. The number of rotatable bonds is 4. The Balaban J connectivity index is 1.73. The van der Waals surface area contributed by atoms with E-state index in [1.165, 1.54) is 5.56 Å². The molecule has 0 spiro atoms. The summed E-state index contributed by atoms with van der Waals surface area (Å²) in [6.45, 7) is 6.40.